The molecule has 0 saturated heterocycles. The van der Waals surface area contributed by atoms with Crippen LogP contribution in [0.4, 0.5) is 0 Å². The molecule has 3 heteroatoms. The van der Waals surface area contributed by atoms with Gasteiger partial charge in [-0.25, -0.2) is 0 Å². The minimum atomic E-state index is -0.236. The third-order valence-electron chi connectivity index (χ3n) is 3.98. The molecule has 0 spiro atoms. The summed E-state index contributed by atoms with van der Waals surface area (Å²) < 4.78 is 13.0. The van der Waals surface area contributed by atoms with Crippen LogP contribution < -0.4 is 4.74 Å². The fraction of sp³-hybridized carbons (Fsp3) is 0.130. The van der Waals surface area contributed by atoms with Crippen molar-refractivity contribution in [3.63, 3.8) is 0 Å². The highest BCUT2D eigenvalue weighted by atomic mass is 79.9. The topological polar surface area (TPSA) is 18.5 Å². The molecule has 0 bridgehead atoms. The number of para-hydroxylation sites is 1. The van der Waals surface area contributed by atoms with E-state index in [1.54, 1.807) is 6.08 Å². The summed E-state index contributed by atoms with van der Waals surface area (Å²) in [4.78, 5) is 0. The number of rotatable bonds is 8. The quantitative estimate of drug-likeness (QED) is 0.409. The number of hydrogen-bond donors (Lipinski definition) is 0. The molecule has 0 aromatic heterocycles. The van der Waals surface area contributed by atoms with Crippen molar-refractivity contribution in [3.05, 3.63) is 102 Å². The third-order valence-corrected chi connectivity index (χ3v) is 4.60. The summed E-state index contributed by atoms with van der Waals surface area (Å²) in [6, 6.07) is 26.3. The molecule has 0 heterocycles. The summed E-state index contributed by atoms with van der Waals surface area (Å²) in [6.45, 7) is 4.88. The second-order valence-electron chi connectivity index (χ2n) is 5.88. The summed E-state index contributed by atoms with van der Waals surface area (Å²) in [6.07, 6.45) is 1.54. The van der Waals surface area contributed by atoms with Crippen molar-refractivity contribution in [1.29, 1.82) is 0 Å². The molecule has 0 N–H and O–H groups in total. The molecule has 0 unspecified atom stereocenters. The standard InChI is InChI=1S/C23H21BrO2/c1-2-20(17-25-16-18-10-5-3-6-11-18)26-23-21(14-9-15-22(23)24)19-12-7-4-8-13-19/h2-15,20H,1,16-17H2/t20-/m0/s1. The van der Waals surface area contributed by atoms with Gasteiger partial charge in [0.1, 0.15) is 11.9 Å². The van der Waals surface area contributed by atoms with E-state index in [0.29, 0.717) is 13.2 Å². The molecule has 3 aromatic carbocycles. The largest absolute Gasteiger partial charge is 0.482 e. The summed E-state index contributed by atoms with van der Waals surface area (Å²) >= 11 is 3.61. The van der Waals surface area contributed by atoms with Crippen molar-refractivity contribution in [3.8, 4) is 16.9 Å². The van der Waals surface area contributed by atoms with E-state index in [2.05, 4.69) is 40.7 Å². The molecule has 0 saturated carbocycles. The van der Waals surface area contributed by atoms with Gasteiger partial charge < -0.3 is 9.47 Å². The first-order chi connectivity index (χ1) is 12.8. The lowest BCUT2D eigenvalue weighted by Gasteiger charge is -2.19. The van der Waals surface area contributed by atoms with E-state index in [4.69, 9.17) is 9.47 Å². The summed E-state index contributed by atoms with van der Waals surface area (Å²) in [5.41, 5.74) is 3.29. The zero-order valence-corrected chi connectivity index (χ0v) is 16.1. The Hall–Kier alpha value is -2.36. The van der Waals surface area contributed by atoms with Gasteiger partial charge in [0.2, 0.25) is 0 Å². The molecular weight excluding hydrogens is 388 g/mol. The lowest BCUT2D eigenvalue weighted by Crippen LogP contribution is -2.21. The molecule has 132 valence electrons. The lowest BCUT2D eigenvalue weighted by molar-refractivity contribution is 0.0610. The van der Waals surface area contributed by atoms with E-state index in [0.717, 1.165) is 26.9 Å². The fourth-order valence-electron chi connectivity index (χ4n) is 2.64. The summed E-state index contributed by atoms with van der Waals surface area (Å²) in [5, 5.41) is 0. The molecule has 3 aromatic rings. The first kappa shape index (κ1) is 18.4. The van der Waals surface area contributed by atoms with Crippen molar-refractivity contribution >= 4 is 15.9 Å². The molecule has 0 aliphatic heterocycles. The average Bonchev–Trinajstić information content (AvgIpc) is 2.70. The first-order valence-electron chi connectivity index (χ1n) is 8.52. The van der Waals surface area contributed by atoms with Gasteiger partial charge in [-0.1, -0.05) is 79.4 Å². The first-order valence-corrected chi connectivity index (χ1v) is 9.32. The molecule has 3 rings (SSSR count). The van der Waals surface area contributed by atoms with Crippen molar-refractivity contribution in [1.82, 2.24) is 0 Å². The zero-order chi connectivity index (χ0) is 18.2. The summed E-state index contributed by atoms with van der Waals surface area (Å²) in [5.74, 6) is 0.798. The highest BCUT2D eigenvalue weighted by molar-refractivity contribution is 9.10. The average molecular weight is 409 g/mol. The van der Waals surface area contributed by atoms with Gasteiger partial charge in [-0.15, -0.1) is 0 Å². The maximum atomic E-state index is 6.23. The van der Waals surface area contributed by atoms with Crippen LogP contribution in [0.15, 0.2) is 96.0 Å². The minimum absolute atomic E-state index is 0.236. The monoisotopic (exact) mass is 408 g/mol. The van der Waals surface area contributed by atoms with Gasteiger partial charge in [0.05, 0.1) is 17.7 Å². The normalized spacial score (nSPS) is 11.7. The van der Waals surface area contributed by atoms with Crippen molar-refractivity contribution < 1.29 is 9.47 Å². The zero-order valence-electron chi connectivity index (χ0n) is 14.5. The Labute approximate surface area is 163 Å². The second kappa shape index (κ2) is 9.37. The van der Waals surface area contributed by atoms with Crippen molar-refractivity contribution in [2.45, 2.75) is 12.7 Å². The Morgan fingerprint density at radius 2 is 1.58 bits per heavy atom. The van der Waals surface area contributed by atoms with E-state index in [1.807, 2.05) is 60.7 Å². The fourth-order valence-corrected chi connectivity index (χ4v) is 3.10. The van der Waals surface area contributed by atoms with Crippen molar-refractivity contribution in [2.75, 3.05) is 6.61 Å². The van der Waals surface area contributed by atoms with Gasteiger partial charge in [-0.3, -0.25) is 0 Å². The number of halogens is 1. The Morgan fingerprint density at radius 3 is 2.27 bits per heavy atom. The van der Waals surface area contributed by atoms with E-state index in [1.165, 1.54) is 0 Å². The predicted molar refractivity (Wildman–Crippen MR) is 110 cm³/mol. The predicted octanol–water partition coefficient (Wildman–Crippen LogP) is 6.27. The van der Waals surface area contributed by atoms with E-state index >= 15 is 0 Å². The van der Waals surface area contributed by atoms with Crippen LogP contribution in [0.2, 0.25) is 0 Å². The molecular formula is C23H21BrO2. The number of hydrogen-bond acceptors (Lipinski definition) is 2. The van der Waals surface area contributed by atoms with Gasteiger partial charge in [-0.2, -0.15) is 0 Å². The van der Waals surface area contributed by atoms with Crippen LogP contribution in [-0.4, -0.2) is 12.7 Å². The van der Waals surface area contributed by atoms with Gasteiger partial charge >= 0.3 is 0 Å². The van der Waals surface area contributed by atoms with E-state index in [9.17, 15) is 0 Å². The van der Waals surface area contributed by atoms with Gasteiger partial charge in [0, 0.05) is 5.56 Å². The molecule has 0 aliphatic carbocycles. The van der Waals surface area contributed by atoms with Gasteiger partial charge in [0.25, 0.3) is 0 Å². The van der Waals surface area contributed by atoms with E-state index in [-0.39, 0.29) is 6.10 Å². The van der Waals surface area contributed by atoms with Gasteiger partial charge in [-0.05, 0) is 39.2 Å². The Morgan fingerprint density at radius 1 is 0.885 bits per heavy atom. The van der Waals surface area contributed by atoms with Crippen LogP contribution in [0.3, 0.4) is 0 Å². The van der Waals surface area contributed by atoms with Crippen LogP contribution in [0.25, 0.3) is 11.1 Å². The molecule has 0 amide bonds. The smallest absolute Gasteiger partial charge is 0.142 e. The highest BCUT2D eigenvalue weighted by Crippen LogP contribution is 2.37. The van der Waals surface area contributed by atoms with E-state index < -0.39 is 0 Å². The van der Waals surface area contributed by atoms with Crippen LogP contribution in [0, 0.1) is 0 Å². The highest BCUT2D eigenvalue weighted by Gasteiger charge is 2.14. The Kier molecular flexibility index (Phi) is 6.64. The van der Waals surface area contributed by atoms with Crippen LogP contribution in [0.1, 0.15) is 5.56 Å². The van der Waals surface area contributed by atoms with Crippen LogP contribution in [0.5, 0.6) is 5.75 Å². The Bertz CT molecular complexity index is 831. The molecule has 0 aliphatic rings. The SMILES string of the molecule is C=C[C@@H](COCc1ccccc1)Oc1c(Br)cccc1-c1ccccc1. The maximum absolute atomic E-state index is 6.23. The molecule has 2 nitrogen and oxygen atoms in total. The number of benzene rings is 3. The van der Waals surface area contributed by atoms with Gasteiger partial charge in [0.15, 0.2) is 0 Å². The lowest BCUT2D eigenvalue weighted by atomic mass is 10.0. The number of ether oxygens (including phenoxy) is 2. The maximum Gasteiger partial charge on any atom is 0.142 e. The van der Waals surface area contributed by atoms with Crippen LogP contribution >= 0.6 is 15.9 Å². The molecule has 0 fully saturated rings. The van der Waals surface area contributed by atoms with Crippen molar-refractivity contribution in [2.24, 2.45) is 0 Å². The summed E-state index contributed by atoms with van der Waals surface area (Å²) in [7, 11) is 0. The third kappa shape index (κ3) is 4.84. The molecule has 26 heavy (non-hydrogen) atoms. The molecule has 0 radical (unpaired) electrons. The molecule has 1 atom stereocenters. The Balaban J connectivity index is 1.71. The van der Waals surface area contributed by atoms with Crippen LogP contribution in [-0.2, 0) is 11.3 Å². The second-order valence-corrected chi connectivity index (χ2v) is 6.73. The minimum Gasteiger partial charge on any atom is -0.482 e.